The molecule has 1 aromatic carbocycles. The van der Waals surface area contributed by atoms with Gasteiger partial charge < -0.3 is 9.68 Å². The summed E-state index contributed by atoms with van der Waals surface area (Å²) >= 11 is 5.53. The Bertz CT molecular complexity index is 236. The zero-order valence-electron chi connectivity index (χ0n) is 5.55. The van der Waals surface area contributed by atoms with Crippen molar-refractivity contribution in [2.24, 2.45) is 0 Å². The SMILES string of the molecule is OBOc1c(F)cccc1Cl. The number of para-hydroxylation sites is 1. The van der Waals surface area contributed by atoms with Gasteiger partial charge in [-0.1, -0.05) is 17.7 Å². The maximum atomic E-state index is 12.7. The predicted octanol–water partition coefficient (Wildman–Crippen LogP) is 1.12. The monoisotopic (exact) mass is 174 g/mol. The van der Waals surface area contributed by atoms with E-state index in [-0.39, 0.29) is 10.8 Å². The van der Waals surface area contributed by atoms with Gasteiger partial charge in [0.15, 0.2) is 11.6 Å². The second kappa shape index (κ2) is 3.60. The molecule has 0 aromatic heterocycles. The highest BCUT2D eigenvalue weighted by Crippen LogP contribution is 2.26. The van der Waals surface area contributed by atoms with Crippen LogP contribution in [0.3, 0.4) is 0 Å². The van der Waals surface area contributed by atoms with E-state index in [1.807, 2.05) is 0 Å². The average Bonchev–Trinajstić information content (AvgIpc) is 1.97. The fourth-order valence-electron chi connectivity index (χ4n) is 0.685. The molecule has 0 radical (unpaired) electrons. The maximum absolute atomic E-state index is 12.7. The molecule has 0 atom stereocenters. The van der Waals surface area contributed by atoms with Gasteiger partial charge in [0.2, 0.25) is 0 Å². The molecule has 0 heterocycles. The molecule has 0 aliphatic heterocycles. The van der Waals surface area contributed by atoms with Crippen molar-refractivity contribution >= 4 is 19.3 Å². The van der Waals surface area contributed by atoms with E-state index in [9.17, 15) is 4.39 Å². The van der Waals surface area contributed by atoms with Crippen molar-refractivity contribution in [1.29, 1.82) is 0 Å². The summed E-state index contributed by atoms with van der Waals surface area (Å²) in [6.45, 7) is 0. The van der Waals surface area contributed by atoms with Crippen LogP contribution in [0.15, 0.2) is 18.2 Å². The number of rotatable bonds is 2. The molecule has 1 aromatic rings. The minimum Gasteiger partial charge on any atom is -0.536 e. The van der Waals surface area contributed by atoms with Crippen molar-refractivity contribution in [3.05, 3.63) is 29.0 Å². The third-order valence-electron chi connectivity index (χ3n) is 1.13. The van der Waals surface area contributed by atoms with Crippen LogP contribution in [-0.2, 0) is 0 Å². The van der Waals surface area contributed by atoms with Crippen molar-refractivity contribution in [1.82, 2.24) is 0 Å². The third-order valence-corrected chi connectivity index (χ3v) is 1.43. The molecule has 0 amide bonds. The van der Waals surface area contributed by atoms with Crippen molar-refractivity contribution in [2.45, 2.75) is 0 Å². The van der Waals surface area contributed by atoms with Crippen LogP contribution in [-0.4, -0.2) is 12.7 Å². The number of halogens is 2. The van der Waals surface area contributed by atoms with Crippen LogP contribution < -0.4 is 4.65 Å². The van der Waals surface area contributed by atoms with Gasteiger partial charge in [-0.3, -0.25) is 0 Å². The number of hydrogen-bond donors (Lipinski definition) is 1. The van der Waals surface area contributed by atoms with Crippen molar-refractivity contribution in [3.63, 3.8) is 0 Å². The van der Waals surface area contributed by atoms with Gasteiger partial charge in [0.05, 0.1) is 5.02 Å². The Labute approximate surface area is 68.9 Å². The topological polar surface area (TPSA) is 29.5 Å². The van der Waals surface area contributed by atoms with Crippen LogP contribution in [0.1, 0.15) is 0 Å². The number of benzene rings is 1. The Hall–Kier alpha value is -0.735. The normalized spacial score (nSPS) is 9.36. The first kappa shape index (κ1) is 8.36. The first-order valence-corrected chi connectivity index (χ1v) is 3.31. The molecule has 0 fully saturated rings. The summed E-state index contributed by atoms with van der Waals surface area (Å²) in [7, 11) is -0.583. The summed E-state index contributed by atoms with van der Waals surface area (Å²) in [6, 6.07) is 4.15. The molecule has 0 spiro atoms. The average molecular weight is 174 g/mol. The Balaban J connectivity index is 3.00. The van der Waals surface area contributed by atoms with Gasteiger partial charge in [-0.05, 0) is 12.1 Å². The summed E-state index contributed by atoms with van der Waals surface area (Å²) < 4.78 is 17.2. The summed E-state index contributed by atoms with van der Waals surface area (Å²) in [4.78, 5) is 0. The highest BCUT2D eigenvalue weighted by molar-refractivity contribution is 6.32. The fourth-order valence-corrected chi connectivity index (χ4v) is 0.903. The lowest BCUT2D eigenvalue weighted by atomic mass is 10.3. The van der Waals surface area contributed by atoms with Gasteiger partial charge in [0.1, 0.15) is 0 Å². The Morgan fingerprint density at radius 1 is 1.55 bits per heavy atom. The lowest BCUT2D eigenvalue weighted by Gasteiger charge is -2.04. The Kier molecular flexibility index (Phi) is 2.73. The standard InChI is InChI=1S/C6H5BClFO2/c8-4-2-1-3-5(9)6(4)11-7-10/h1-3,7,10H. The molecular formula is C6H5BClFO2. The van der Waals surface area contributed by atoms with E-state index in [1.165, 1.54) is 18.2 Å². The van der Waals surface area contributed by atoms with Gasteiger partial charge >= 0.3 is 7.69 Å². The molecule has 1 rings (SSSR count). The van der Waals surface area contributed by atoms with Crippen LogP contribution >= 0.6 is 11.6 Å². The van der Waals surface area contributed by atoms with Crippen molar-refractivity contribution in [2.75, 3.05) is 0 Å². The smallest absolute Gasteiger partial charge is 0.504 e. The Morgan fingerprint density at radius 3 is 2.82 bits per heavy atom. The highest BCUT2D eigenvalue weighted by atomic mass is 35.5. The second-order valence-corrected chi connectivity index (χ2v) is 2.23. The van der Waals surface area contributed by atoms with E-state index in [4.69, 9.17) is 16.6 Å². The summed E-state index contributed by atoms with van der Waals surface area (Å²) in [5.41, 5.74) is 0. The van der Waals surface area contributed by atoms with Crippen LogP contribution in [0, 0.1) is 5.82 Å². The molecule has 11 heavy (non-hydrogen) atoms. The van der Waals surface area contributed by atoms with Gasteiger partial charge in [0, 0.05) is 0 Å². The molecular weight excluding hydrogens is 169 g/mol. The zero-order valence-corrected chi connectivity index (χ0v) is 6.31. The Morgan fingerprint density at radius 2 is 2.27 bits per heavy atom. The second-order valence-electron chi connectivity index (χ2n) is 1.82. The minimum atomic E-state index is -0.583. The first-order valence-electron chi connectivity index (χ1n) is 2.93. The van der Waals surface area contributed by atoms with Crippen LogP contribution in [0.2, 0.25) is 5.02 Å². The molecule has 58 valence electrons. The highest BCUT2D eigenvalue weighted by Gasteiger charge is 2.06. The quantitative estimate of drug-likeness (QED) is 0.681. The molecule has 0 bridgehead atoms. The van der Waals surface area contributed by atoms with E-state index < -0.39 is 13.5 Å². The number of hydrogen-bond acceptors (Lipinski definition) is 2. The molecule has 1 N–H and O–H groups in total. The largest absolute Gasteiger partial charge is 0.536 e. The summed E-state index contributed by atoms with van der Waals surface area (Å²) in [6.07, 6.45) is 0. The van der Waals surface area contributed by atoms with Gasteiger partial charge in [-0.2, -0.15) is 0 Å². The maximum Gasteiger partial charge on any atom is 0.504 e. The van der Waals surface area contributed by atoms with Crippen LogP contribution in [0.5, 0.6) is 5.75 Å². The minimum absolute atomic E-state index is 0.114. The molecule has 0 saturated heterocycles. The van der Waals surface area contributed by atoms with Crippen molar-refractivity contribution in [3.8, 4) is 5.75 Å². The molecule has 0 unspecified atom stereocenters. The molecule has 0 aliphatic rings. The van der Waals surface area contributed by atoms with E-state index >= 15 is 0 Å². The molecule has 2 nitrogen and oxygen atoms in total. The van der Waals surface area contributed by atoms with Gasteiger partial charge in [0.25, 0.3) is 0 Å². The van der Waals surface area contributed by atoms with E-state index in [1.54, 1.807) is 0 Å². The van der Waals surface area contributed by atoms with Crippen LogP contribution in [0.25, 0.3) is 0 Å². The summed E-state index contributed by atoms with van der Waals surface area (Å²) in [5.74, 6) is -0.691. The van der Waals surface area contributed by atoms with E-state index in [0.29, 0.717) is 0 Å². The van der Waals surface area contributed by atoms with E-state index in [0.717, 1.165) is 0 Å². The molecule has 0 aliphatic carbocycles. The van der Waals surface area contributed by atoms with Gasteiger partial charge in [-0.15, -0.1) is 0 Å². The van der Waals surface area contributed by atoms with E-state index in [2.05, 4.69) is 4.65 Å². The lowest BCUT2D eigenvalue weighted by Crippen LogP contribution is -2.02. The third kappa shape index (κ3) is 1.85. The van der Waals surface area contributed by atoms with Crippen LogP contribution in [0.4, 0.5) is 4.39 Å². The summed E-state index contributed by atoms with van der Waals surface area (Å²) in [5, 5.41) is 8.47. The lowest BCUT2D eigenvalue weighted by molar-refractivity contribution is 0.432. The first-order chi connectivity index (χ1) is 5.25. The van der Waals surface area contributed by atoms with Crippen molar-refractivity contribution < 1.29 is 14.1 Å². The molecule has 5 heteroatoms. The molecule has 0 saturated carbocycles. The zero-order chi connectivity index (χ0) is 8.27. The van der Waals surface area contributed by atoms with Gasteiger partial charge in [-0.25, -0.2) is 4.39 Å². The fraction of sp³-hybridized carbons (Fsp3) is 0. The predicted molar refractivity (Wildman–Crippen MR) is 41.4 cm³/mol.